The van der Waals surface area contributed by atoms with Crippen molar-refractivity contribution in [3.8, 4) is 11.5 Å². The summed E-state index contributed by atoms with van der Waals surface area (Å²) in [5.41, 5.74) is 1.03. The van der Waals surface area contributed by atoms with Gasteiger partial charge in [-0.15, -0.1) is 0 Å². The number of hydrogen-bond donors (Lipinski definition) is 3. The number of β-amino-alcohol motifs (C(OH)–C–C–N with tert-alkyl or cyclic N) is 1. The van der Waals surface area contributed by atoms with E-state index < -0.39 is 29.8 Å². The predicted octanol–water partition coefficient (Wildman–Crippen LogP) is -0.208. The Bertz CT molecular complexity index is 675. The van der Waals surface area contributed by atoms with Gasteiger partial charge in [0.05, 0.1) is 18.6 Å². The highest BCUT2D eigenvalue weighted by atomic mass is 16.5. The third-order valence-electron chi connectivity index (χ3n) is 5.28. The summed E-state index contributed by atoms with van der Waals surface area (Å²) in [4.78, 5) is 2.04. The number of ether oxygens (including phenoxy) is 2. The lowest BCUT2D eigenvalue weighted by Gasteiger charge is -2.41. The molecule has 0 saturated heterocycles. The second kappa shape index (κ2) is 4.95. The number of aliphatic hydroxyl groups excluding tert-OH is 3. The number of likely N-dealkylation sites (N-methyl/N-ethyl adjacent to an activating group) is 1. The average Bonchev–Trinajstić information content (AvgIpc) is 2.84. The van der Waals surface area contributed by atoms with Crippen LogP contribution >= 0.6 is 0 Å². The Morgan fingerprint density at radius 1 is 1.30 bits per heavy atom. The minimum absolute atomic E-state index is 0.448. The van der Waals surface area contributed by atoms with Crippen LogP contribution in [0.4, 0.5) is 0 Å². The Morgan fingerprint density at radius 2 is 2.09 bits per heavy atom. The highest BCUT2D eigenvalue weighted by molar-refractivity contribution is 5.62. The highest BCUT2D eigenvalue weighted by Gasteiger charge is 2.60. The molecule has 1 aliphatic carbocycles. The fraction of sp³-hybridized carbons (Fsp3) is 0.529. The largest absolute Gasteiger partial charge is 0.493 e. The van der Waals surface area contributed by atoms with Crippen molar-refractivity contribution in [2.75, 3.05) is 20.7 Å². The van der Waals surface area contributed by atoms with Crippen LogP contribution in [0.15, 0.2) is 24.3 Å². The Kier molecular flexibility index (Phi) is 3.22. The fourth-order valence-electron chi connectivity index (χ4n) is 4.21. The Hall–Kier alpha value is -1.60. The first-order chi connectivity index (χ1) is 11.0. The molecular formula is C17H21NO5. The van der Waals surface area contributed by atoms with Crippen molar-refractivity contribution < 1.29 is 24.8 Å². The molecule has 0 fully saturated rings. The van der Waals surface area contributed by atoms with Gasteiger partial charge >= 0.3 is 0 Å². The van der Waals surface area contributed by atoms with E-state index in [1.165, 1.54) is 0 Å². The molecule has 0 aromatic heterocycles. The lowest BCUT2D eigenvalue weighted by Crippen LogP contribution is -2.58. The van der Waals surface area contributed by atoms with Crippen LogP contribution in [0.3, 0.4) is 0 Å². The molecule has 6 nitrogen and oxygen atoms in total. The molecule has 1 aromatic rings. The van der Waals surface area contributed by atoms with Crippen molar-refractivity contribution in [2.24, 2.45) is 0 Å². The van der Waals surface area contributed by atoms with Crippen molar-refractivity contribution in [3.63, 3.8) is 0 Å². The van der Waals surface area contributed by atoms with Gasteiger partial charge in [0.1, 0.15) is 18.3 Å². The lowest BCUT2D eigenvalue weighted by molar-refractivity contribution is -0.0771. The van der Waals surface area contributed by atoms with Crippen molar-refractivity contribution in [1.82, 2.24) is 4.90 Å². The van der Waals surface area contributed by atoms with Crippen LogP contribution in [0, 0.1) is 0 Å². The Morgan fingerprint density at radius 3 is 2.83 bits per heavy atom. The molecule has 0 amide bonds. The molecule has 2 aliphatic heterocycles. The van der Waals surface area contributed by atoms with Gasteiger partial charge in [0.2, 0.25) is 0 Å². The van der Waals surface area contributed by atoms with Crippen LogP contribution in [0.5, 0.6) is 11.5 Å². The van der Waals surface area contributed by atoms with Crippen LogP contribution in [0.1, 0.15) is 11.1 Å². The normalized spacial score (nSPS) is 38.5. The van der Waals surface area contributed by atoms with Crippen molar-refractivity contribution in [3.05, 3.63) is 35.4 Å². The van der Waals surface area contributed by atoms with Crippen molar-refractivity contribution in [1.29, 1.82) is 0 Å². The van der Waals surface area contributed by atoms with Crippen LogP contribution < -0.4 is 9.47 Å². The van der Waals surface area contributed by atoms with E-state index in [9.17, 15) is 15.3 Å². The van der Waals surface area contributed by atoms with Gasteiger partial charge < -0.3 is 24.8 Å². The van der Waals surface area contributed by atoms with Crippen LogP contribution in [-0.2, 0) is 12.0 Å². The second-order valence-electron chi connectivity index (χ2n) is 6.66. The van der Waals surface area contributed by atoms with Crippen LogP contribution in [0.2, 0.25) is 0 Å². The van der Waals surface area contributed by atoms with E-state index in [1.807, 2.05) is 24.1 Å². The quantitative estimate of drug-likeness (QED) is 0.622. The van der Waals surface area contributed by atoms with E-state index in [-0.39, 0.29) is 0 Å². The third-order valence-corrected chi connectivity index (χ3v) is 5.28. The molecule has 23 heavy (non-hydrogen) atoms. The van der Waals surface area contributed by atoms with Gasteiger partial charge in [-0.25, -0.2) is 0 Å². The highest BCUT2D eigenvalue weighted by Crippen LogP contribution is 2.55. The zero-order valence-electron chi connectivity index (χ0n) is 13.1. The van der Waals surface area contributed by atoms with Gasteiger partial charge in [-0.3, -0.25) is 4.90 Å². The van der Waals surface area contributed by atoms with Gasteiger partial charge in [0.25, 0.3) is 0 Å². The molecule has 3 N–H and O–H groups in total. The zero-order chi connectivity index (χ0) is 16.4. The van der Waals surface area contributed by atoms with E-state index in [2.05, 4.69) is 0 Å². The first kappa shape index (κ1) is 15.0. The molecule has 3 aliphatic rings. The monoisotopic (exact) mass is 319 g/mol. The van der Waals surface area contributed by atoms with E-state index in [0.717, 1.165) is 11.1 Å². The van der Waals surface area contributed by atoms with Crippen molar-refractivity contribution in [2.45, 2.75) is 36.4 Å². The average molecular weight is 319 g/mol. The zero-order valence-corrected chi connectivity index (χ0v) is 13.1. The Labute approximate surface area is 134 Å². The number of rotatable bonds is 1. The summed E-state index contributed by atoms with van der Waals surface area (Å²) in [6, 6.07) is 3.82. The van der Waals surface area contributed by atoms with Gasteiger partial charge in [-0.05, 0) is 18.7 Å². The number of benzene rings is 1. The molecule has 0 radical (unpaired) electrons. The molecule has 4 rings (SSSR count). The third kappa shape index (κ3) is 1.83. The minimum Gasteiger partial charge on any atom is -0.493 e. The maximum atomic E-state index is 10.9. The maximum absolute atomic E-state index is 10.9. The Balaban J connectivity index is 2.01. The summed E-state index contributed by atoms with van der Waals surface area (Å²) in [5.74, 6) is 1.13. The summed E-state index contributed by atoms with van der Waals surface area (Å²) in [5, 5.41) is 31.4. The van der Waals surface area contributed by atoms with Crippen molar-refractivity contribution >= 4 is 0 Å². The lowest BCUT2D eigenvalue weighted by atomic mass is 9.66. The summed E-state index contributed by atoms with van der Waals surface area (Å²) < 4.78 is 11.4. The van der Waals surface area contributed by atoms with E-state index >= 15 is 0 Å². The molecule has 0 bridgehead atoms. The molecule has 0 saturated carbocycles. The summed E-state index contributed by atoms with van der Waals surface area (Å²) >= 11 is 0. The number of aliphatic hydroxyl groups is 3. The molecule has 124 valence electrons. The smallest absolute Gasteiger partial charge is 0.166 e. The molecule has 5 atom stereocenters. The van der Waals surface area contributed by atoms with E-state index in [0.29, 0.717) is 24.6 Å². The van der Waals surface area contributed by atoms with Crippen LogP contribution in [-0.4, -0.2) is 65.3 Å². The summed E-state index contributed by atoms with van der Waals surface area (Å²) in [6.07, 6.45) is -0.268. The topological polar surface area (TPSA) is 82.4 Å². The molecule has 0 unspecified atom stereocenters. The molecule has 1 spiro atoms. The molecular weight excluding hydrogens is 298 g/mol. The van der Waals surface area contributed by atoms with E-state index in [1.54, 1.807) is 19.3 Å². The number of hydrogen-bond acceptors (Lipinski definition) is 6. The van der Waals surface area contributed by atoms with Gasteiger partial charge in [0.15, 0.2) is 11.5 Å². The first-order valence-electron chi connectivity index (χ1n) is 7.78. The predicted molar refractivity (Wildman–Crippen MR) is 82.6 cm³/mol. The summed E-state index contributed by atoms with van der Waals surface area (Å²) in [7, 11) is 3.52. The molecule has 1 aromatic carbocycles. The van der Waals surface area contributed by atoms with Crippen LogP contribution in [0.25, 0.3) is 0 Å². The SMILES string of the molecule is COc1ccc2c3c1O[C@H]1[C@@H](O)[C@@H](O)C=C[C@@]31[C@@H](O)CN(C)C2. The molecule has 2 heterocycles. The second-order valence-corrected chi connectivity index (χ2v) is 6.66. The number of methoxy groups -OCH3 is 1. The fourth-order valence-corrected chi connectivity index (χ4v) is 4.21. The number of nitrogens with zero attached hydrogens (tertiary/aromatic N) is 1. The summed E-state index contributed by atoms with van der Waals surface area (Å²) in [6.45, 7) is 1.12. The molecule has 6 heteroatoms. The van der Waals surface area contributed by atoms with E-state index in [4.69, 9.17) is 9.47 Å². The van der Waals surface area contributed by atoms with Gasteiger partial charge in [-0.2, -0.15) is 0 Å². The van der Waals surface area contributed by atoms with Gasteiger partial charge in [-0.1, -0.05) is 18.2 Å². The standard InChI is InChI=1S/C17H21NO5/c1-18-7-9-3-4-11(22-2)15-13(9)17(12(20)8-18)6-5-10(19)14(21)16(17)23-15/h3-6,10,12,14,16,19-21H,7-8H2,1-2H3/t10-,12-,14-,16-,17+/m0/s1. The maximum Gasteiger partial charge on any atom is 0.166 e. The minimum atomic E-state index is -1.11. The van der Waals surface area contributed by atoms with Gasteiger partial charge in [0, 0.05) is 18.7 Å². The first-order valence-corrected chi connectivity index (χ1v) is 7.78.